The molecule has 0 unspecified atom stereocenters. The molecular weight excluding hydrogens is 177 g/mol. The number of pyridine rings is 1. The second-order valence-electron chi connectivity index (χ2n) is 3.56. The maximum atomic E-state index is 13.4. The van der Waals surface area contributed by atoms with Crippen LogP contribution in [0.5, 0.6) is 0 Å². The Morgan fingerprint density at radius 2 is 2.07 bits per heavy atom. The van der Waals surface area contributed by atoms with Crippen LogP contribution in [0.4, 0.5) is 4.39 Å². The van der Waals surface area contributed by atoms with E-state index in [1.165, 1.54) is 6.20 Å². The van der Waals surface area contributed by atoms with Crippen molar-refractivity contribution in [2.45, 2.75) is 20.8 Å². The number of hydrogen-bond donors (Lipinski definition) is 0. The summed E-state index contributed by atoms with van der Waals surface area (Å²) in [7, 11) is 0. The Morgan fingerprint density at radius 1 is 1.43 bits per heavy atom. The molecule has 0 amide bonds. The number of rotatable bonds is 2. The molecule has 0 spiro atoms. The van der Waals surface area contributed by atoms with Crippen LogP contribution < -0.4 is 0 Å². The lowest BCUT2D eigenvalue weighted by Crippen LogP contribution is -1.93. The van der Waals surface area contributed by atoms with Gasteiger partial charge in [0.1, 0.15) is 5.82 Å². The maximum absolute atomic E-state index is 13.4. The lowest BCUT2D eigenvalue weighted by Gasteiger charge is -2.06. The highest BCUT2D eigenvalue weighted by molar-refractivity contribution is 5.74. The molecule has 0 aromatic carbocycles. The second kappa shape index (κ2) is 4.18. The van der Waals surface area contributed by atoms with Gasteiger partial charge in [0.25, 0.3) is 0 Å². The maximum Gasteiger partial charge on any atom is 0.149 e. The number of aromatic nitrogens is 1. The van der Waals surface area contributed by atoms with E-state index in [9.17, 15) is 4.39 Å². The SMILES string of the molecule is C=C(C=C(C)C)c1c(C)cncc1F. The summed E-state index contributed by atoms with van der Waals surface area (Å²) in [6.07, 6.45) is 4.72. The summed E-state index contributed by atoms with van der Waals surface area (Å²) in [6, 6.07) is 0. The molecule has 1 heterocycles. The van der Waals surface area contributed by atoms with Crippen LogP contribution >= 0.6 is 0 Å². The van der Waals surface area contributed by atoms with Gasteiger partial charge in [-0.05, 0) is 31.9 Å². The molecule has 0 N–H and O–H groups in total. The van der Waals surface area contributed by atoms with Gasteiger partial charge in [0, 0.05) is 11.8 Å². The van der Waals surface area contributed by atoms with Gasteiger partial charge in [-0.25, -0.2) is 4.39 Å². The summed E-state index contributed by atoms with van der Waals surface area (Å²) in [4.78, 5) is 3.77. The molecule has 1 aromatic rings. The Hall–Kier alpha value is -1.44. The Balaban J connectivity index is 3.19. The standard InChI is InChI=1S/C12H14FN/c1-8(2)5-9(3)12-10(4)6-14-7-11(12)13/h5-7H,3H2,1-2,4H3. The highest BCUT2D eigenvalue weighted by Crippen LogP contribution is 2.21. The molecule has 1 nitrogen and oxygen atoms in total. The smallest absolute Gasteiger partial charge is 0.149 e. The van der Waals surface area contributed by atoms with Gasteiger partial charge in [-0.2, -0.15) is 0 Å². The second-order valence-corrected chi connectivity index (χ2v) is 3.56. The predicted octanol–water partition coefficient (Wildman–Crippen LogP) is 3.51. The topological polar surface area (TPSA) is 12.9 Å². The third-order valence-electron chi connectivity index (χ3n) is 1.87. The first-order chi connectivity index (χ1) is 6.52. The molecule has 0 bridgehead atoms. The van der Waals surface area contributed by atoms with Crippen LogP contribution in [0.15, 0.2) is 30.6 Å². The van der Waals surface area contributed by atoms with Crippen molar-refractivity contribution in [2.24, 2.45) is 0 Å². The van der Waals surface area contributed by atoms with Gasteiger partial charge in [-0.15, -0.1) is 0 Å². The average Bonchev–Trinajstić information content (AvgIpc) is 2.01. The van der Waals surface area contributed by atoms with Crippen LogP contribution in [0.1, 0.15) is 25.0 Å². The van der Waals surface area contributed by atoms with E-state index in [2.05, 4.69) is 11.6 Å². The summed E-state index contributed by atoms with van der Waals surface area (Å²) in [5.74, 6) is -0.312. The minimum absolute atomic E-state index is 0.312. The average molecular weight is 191 g/mol. The molecule has 0 saturated carbocycles. The molecule has 0 radical (unpaired) electrons. The molecule has 0 aliphatic heterocycles. The van der Waals surface area contributed by atoms with Crippen LogP contribution in [-0.4, -0.2) is 4.98 Å². The normalized spacial score (nSPS) is 9.71. The van der Waals surface area contributed by atoms with Gasteiger partial charge >= 0.3 is 0 Å². The van der Waals surface area contributed by atoms with E-state index in [0.717, 1.165) is 11.1 Å². The van der Waals surface area contributed by atoms with E-state index in [-0.39, 0.29) is 5.82 Å². The fourth-order valence-electron chi connectivity index (χ4n) is 1.36. The van der Waals surface area contributed by atoms with Gasteiger partial charge < -0.3 is 0 Å². The molecule has 0 fully saturated rings. The van der Waals surface area contributed by atoms with Crippen molar-refractivity contribution in [3.05, 3.63) is 47.6 Å². The predicted molar refractivity (Wildman–Crippen MR) is 57.4 cm³/mol. The summed E-state index contributed by atoms with van der Waals surface area (Å²) < 4.78 is 13.4. The van der Waals surface area contributed by atoms with Crippen LogP contribution in [0.2, 0.25) is 0 Å². The Kier molecular flexibility index (Phi) is 3.18. The van der Waals surface area contributed by atoms with Crippen LogP contribution in [-0.2, 0) is 0 Å². The summed E-state index contributed by atoms with van der Waals surface area (Å²) in [5, 5.41) is 0. The van der Waals surface area contributed by atoms with E-state index in [4.69, 9.17) is 0 Å². The molecule has 0 aliphatic rings. The lowest BCUT2D eigenvalue weighted by atomic mass is 10.0. The number of hydrogen-bond acceptors (Lipinski definition) is 1. The molecule has 14 heavy (non-hydrogen) atoms. The van der Waals surface area contributed by atoms with Gasteiger partial charge in [0.2, 0.25) is 0 Å². The molecule has 0 aliphatic carbocycles. The van der Waals surface area contributed by atoms with Gasteiger partial charge in [-0.3, -0.25) is 4.98 Å². The van der Waals surface area contributed by atoms with E-state index < -0.39 is 0 Å². The zero-order chi connectivity index (χ0) is 10.7. The first-order valence-corrected chi connectivity index (χ1v) is 4.46. The highest BCUT2D eigenvalue weighted by atomic mass is 19.1. The van der Waals surface area contributed by atoms with Crippen LogP contribution in [0.3, 0.4) is 0 Å². The largest absolute Gasteiger partial charge is 0.261 e. The molecular formula is C12H14FN. The molecule has 2 heteroatoms. The lowest BCUT2D eigenvalue weighted by molar-refractivity contribution is 0.616. The van der Waals surface area contributed by atoms with Crippen molar-refractivity contribution in [2.75, 3.05) is 0 Å². The van der Waals surface area contributed by atoms with E-state index in [1.807, 2.05) is 26.8 Å². The minimum atomic E-state index is -0.312. The highest BCUT2D eigenvalue weighted by Gasteiger charge is 2.07. The van der Waals surface area contributed by atoms with Crippen molar-refractivity contribution >= 4 is 5.57 Å². The Bertz CT molecular complexity index is 367. The number of aryl methyl sites for hydroxylation is 1. The van der Waals surface area contributed by atoms with E-state index in [0.29, 0.717) is 11.1 Å². The number of nitrogens with zero attached hydrogens (tertiary/aromatic N) is 1. The van der Waals surface area contributed by atoms with E-state index >= 15 is 0 Å². The van der Waals surface area contributed by atoms with Gasteiger partial charge in [0.05, 0.1) is 6.20 Å². The zero-order valence-corrected chi connectivity index (χ0v) is 8.76. The quantitative estimate of drug-likeness (QED) is 0.652. The minimum Gasteiger partial charge on any atom is -0.261 e. The first-order valence-electron chi connectivity index (χ1n) is 4.46. The summed E-state index contributed by atoms with van der Waals surface area (Å²) in [6.45, 7) is 9.59. The number of allylic oxidation sites excluding steroid dienone is 3. The van der Waals surface area contributed by atoms with Crippen LogP contribution in [0, 0.1) is 12.7 Å². The van der Waals surface area contributed by atoms with Gasteiger partial charge in [0.15, 0.2) is 0 Å². The van der Waals surface area contributed by atoms with Crippen molar-refractivity contribution in [1.82, 2.24) is 4.98 Å². The van der Waals surface area contributed by atoms with Crippen molar-refractivity contribution in [3.63, 3.8) is 0 Å². The van der Waals surface area contributed by atoms with Crippen molar-refractivity contribution < 1.29 is 4.39 Å². The molecule has 74 valence electrons. The zero-order valence-electron chi connectivity index (χ0n) is 8.76. The van der Waals surface area contributed by atoms with Gasteiger partial charge in [-0.1, -0.05) is 18.2 Å². The third-order valence-corrected chi connectivity index (χ3v) is 1.87. The van der Waals surface area contributed by atoms with Crippen molar-refractivity contribution in [3.8, 4) is 0 Å². The molecule has 1 aromatic heterocycles. The fourth-order valence-corrected chi connectivity index (χ4v) is 1.36. The molecule has 0 atom stereocenters. The van der Waals surface area contributed by atoms with Crippen molar-refractivity contribution in [1.29, 1.82) is 0 Å². The van der Waals surface area contributed by atoms with E-state index in [1.54, 1.807) is 6.20 Å². The Morgan fingerprint density at radius 3 is 2.57 bits per heavy atom. The number of halogens is 1. The Labute approximate surface area is 84.0 Å². The van der Waals surface area contributed by atoms with Crippen LogP contribution in [0.25, 0.3) is 5.57 Å². The molecule has 0 saturated heterocycles. The third kappa shape index (κ3) is 2.28. The monoisotopic (exact) mass is 191 g/mol. The summed E-state index contributed by atoms with van der Waals surface area (Å²) in [5.41, 5.74) is 3.17. The first kappa shape index (κ1) is 10.6. The summed E-state index contributed by atoms with van der Waals surface area (Å²) >= 11 is 0. The fraction of sp³-hybridized carbons (Fsp3) is 0.250. The molecule has 1 rings (SSSR count).